The van der Waals surface area contributed by atoms with Crippen LogP contribution in [0.2, 0.25) is 5.02 Å². The van der Waals surface area contributed by atoms with Gasteiger partial charge < -0.3 is 16.0 Å². The number of hydrogen-bond donors (Lipinski definition) is 3. The van der Waals surface area contributed by atoms with Gasteiger partial charge in [-0.05, 0) is 29.8 Å². The summed E-state index contributed by atoms with van der Waals surface area (Å²) in [7, 11) is 1.71. The Hall–Kier alpha value is -2.07. The van der Waals surface area contributed by atoms with Crippen LogP contribution in [0.15, 0.2) is 53.5 Å². The first kappa shape index (κ1) is 22.0. The maximum absolute atomic E-state index is 10.6. The van der Waals surface area contributed by atoms with Crippen LogP contribution in [-0.4, -0.2) is 31.0 Å². The zero-order chi connectivity index (χ0) is 18.1. The SMILES string of the molecule is CN=C(NCCNc1ccc([N+](=O)[O-])cc1)NCc1cccc(Cl)c1.I. The molecule has 0 amide bonds. The van der Waals surface area contributed by atoms with E-state index in [1.807, 2.05) is 24.3 Å². The molecule has 7 nitrogen and oxygen atoms in total. The lowest BCUT2D eigenvalue weighted by Gasteiger charge is -2.13. The number of rotatable bonds is 7. The molecular formula is C17H21ClIN5O2. The largest absolute Gasteiger partial charge is 0.383 e. The summed E-state index contributed by atoms with van der Waals surface area (Å²) in [5, 5.41) is 20.9. The molecule has 2 aromatic rings. The van der Waals surface area contributed by atoms with E-state index in [0.29, 0.717) is 30.6 Å². The van der Waals surface area contributed by atoms with E-state index in [1.165, 1.54) is 12.1 Å². The normalized spacial score (nSPS) is 10.6. The van der Waals surface area contributed by atoms with Crippen LogP contribution >= 0.6 is 35.6 Å². The van der Waals surface area contributed by atoms with E-state index in [-0.39, 0.29) is 29.7 Å². The topological polar surface area (TPSA) is 91.6 Å². The van der Waals surface area contributed by atoms with E-state index in [1.54, 1.807) is 19.2 Å². The maximum atomic E-state index is 10.6. The van der Waals surface area contributed by atoms with Crippen molar-refractivity contribution in [3.05, 3.63) is 69.2 Å². The van der Waals surface area contributed by atoms with Gasteiger partial charge in [0.05, 0.1) is 4.92 Å². The van der Waals surface area contributed by atoms with E-state index in [9.17, 15) is 10.1 Å². The summed E-state index contributed by atoms with van der Waals surface area (Å²) in [4.78, 5) is 14.4. The van der Waals surface area contributed by atoms with Crippen LogP contribution in [0, 0.1) is 10.1 Å². The molecule has 0 aliphatic carbocycles. The van der Waals surface area contributed by atoms with Crippen LogP contribution in [0.5, 0.6) is 0 Å². The number of nitrogens with one attached hydrogen (secondary N) is 3. The lowest BCUT2D eigenvalue weighted by atomic mass is 10.2. The average Bonchev–Trinajstić information content (AvgIpc) is 2.61. The second kappa shape index (κ2) is 11.5. The molecule has 0 radical (unpaired) electrons. The van der Waals surface area contributed by atoms with Crippen molar-refractivity contribution in [3.63, 3.8) is 0 Å². The minimum absolute atomic E-state index is 0. The van der Waals surface area contributed by atoms with Crippen molar-refractivity contribution in [1.82, 2.24) is 10.6 Å². The number of nitrogens with zero attached hydrogens (tertiary/aromatic N) is 2. The van der Waals surface area contributed by atoms with Crippen LogP contribution in [0.4, 0.5) is 11.4 Å². The predicted octanol–water partition coefficient (Wildman–Crippen LogP) is 3.64. The summed E-state index contributed by atoms with van der Waals surface area (Å²) in [6, 6.07) is 13.9. The molecule has 0 aromatic heterocycles. The Morgan fingerprint density at radius 1 is 1.15 bits per heavy atom. The van der Waals surface area contributed by atoms with Gasteiger partial charge in [0.2, 0.25) is 0 Å². The highest BCUT2D eigenvalue weighted by molar-refractivity contribution is 14.0. The van der Waals surface area contributed by atoms with Crippen molar-refractivity contribution in [2.75, 3.05) is 25.5 Å². The fraction of sp³-hybridized carbons (Fsp3) is 0.235. The molecule has 0 aliphatic rings. The standard InChI is InChI=1S/C17H20ClN5O2.HI/c1-19-17(22-12-13-3-2-4-14(18)11-13)21-10-9-20-15-5-7-16(8-6-15)23(24)25;/h2-8,11,20H,9-10,12H2,1H3,(H2,19,21,22);1H. The minimum atomic E-state index is -0.416. The van der Waals surface area contributed by atoms with Gasteiger partial charge in [-0.1, -0.05) is 23.7 Å². The minimum Gasteiger partial charge on any atom is -0.383 e. The van der Waals surface area contributed by atoms with Crippen molar-refractivity contribution >= 4 is 52.9 Å². The van der Waals surface area contributed by atoms with Gasteiger partial charge in [-0.15, -0.1) is 24.0 Å². The molecule has 0 aliphatic heterocycles. The number of nitro groups is 1. The Balaban J connectivity index is 0.00000338. The Kier molecular flexibility index (Phi) is 9.74. The number of guanidine groups is 1. The van der Waals surface area contributed by atoms with Gasteiger partial charge in [0, 0.05) is 49.5 Å². The first-order valence-corrected chi connectivity index (χ1v) is 8.13. The van der Waals surface area contributed by atoms with Crippen LogP contribution < -0.4 is 16.0 Å². The van der Waals surface area contributed by atoms with Crippen LogP contribution in [0.25, 0.3) is 0 Å². The molecule has 9 heteroatoms. The first-order chi connectivity index (χ1) is 12.1. The molecule has 2 aromatic carbocycles. The highest BCUT2D eigenvalue weighted by atomic mass is 127. The molecule has 3 N–H and O–H groups in total. The second-order valence-corrected chi connectivity index (χ2v) is 5.65. The molecule has 140 valence electrons. The molecule has 0 fully saturated rings. The highest BCUT2D eigenvalue weighted by Crippen LogP contribution is 2.14. The van der Waals surface area contributed by atoms with Crippen molar-refractivity contribution in [1.29, 1.82) is 0 Å². The van der Waals surface area contributed by atoms with E-state index in [2.05, 4.69) is 20.9 Å². The van der Waals surface area contributed by atoms with E-state index in [0.717, 1.165) is 11.3 Å². The van der Waals surface area contributed by atoms with Gasteiger partial charge in [-0.3, -0.25) is 15.1 Å². The molecule has 0 saturated carbocycles. The van der Waals surface area contributed by atoms with Crippen LogP contribution in [0.1, 0.15) is 5.56 Å². The zero-order valence-corrected chi connectivity index (χ0v) is 17.3. The number of nitro benzene ring substituents is 1. The summed E-state index contributed by atoms with van der Waals surface area (Å²) in [5.74, 6) is 0.686. The van der Waals surface area contributed by atoms with Gasteiger partial charge >= 0.3 is 0 Å². The van der Waals surface area contributed by atoms with Crippen LogP contribution in [0.3, 0.4) is 0 Å². The van der Waals surface area contributed by atoms with E-state index >= 15 is 0 Å². The van der Waals surface area contributed by atoms with Gasteiger partial charge in [0.25, 0.3) is 5.69 Å². The van der Waals surface area contributed by atoms with Gasteiger partial charge in [0.1, 0.15) is 0 Å². The Bertz CT molecular complexity index is 740. The number of benzene rings is 2. The quantitative estimate of drug-likeness (QED) is 0.138. The smallest absolute Gasteiger partial charge is 0.269 e. The third kappa shape index (κ3) is 7.44. The summed E-state index contributed by atoms with van der Waals surface area (Å²) < 4.78 is 0. The number of anilines is 1. The van der Waals surface area contributed by atoms with Gasteiger partial charge in [-0.25, -0.2) is 0 Å². The van der Waals surface area contributed by atoms with Crippen molar-refractivity contribution < 1.29 is 4.92 Å². The number of aliphatic imine (C=N–C) groups is 1. The first-order valence-electron chi connectivity index (χ1n) is 7.76. The van der Waals surface area contributed by atoms with Crippen molar-refractivity contribution in [2.45, 2.75) is 6.54 Å². The van der Waals surface area contributed by atoms with E-state index < -0.39 is 4.92 Å². The summed E-state index contributed by atoms with van der Waals surface area (Å²) in [6.45, 7) is 1.91. The second-order valence-electron chi connectivity index (χ2n) is 5.21. The van der Waals surface area contributed by atoms with Crippen molar-refractivity contribution in [3.8, 4) is 0 Å². The fourth-order valence-electron chi connectivity index (χ4n) is 2.14. The van der Waals surface area contributed by atoms with E-state index in [4.69, 9.17) is 11.6 Å². The molecule has 0 bridgehead atoms. The summed E-state index contributed by atoms with van der Waals surface area (Å²) >= 11 is 5.96. The molecular weight excluding hydrogens is 469 g/mol. The molecule has 0 spiro atoms. The zero-order valence-electron chi connectivity index (χ0n) is 14.2. The van der Waals surface area contributed by atoms with Crippen LogP contribution in [-0.2, 0) is 6.54 Å². The maximum Gasteiger partial charge on any atom is 0.269 e. The summed E-state index contributed by atoms with van der Waals surface area (Å²) in [6.07, 6.45) is 0. The summed E-state index contributed by atoms with van der Waals surface area (Å²) in [5.41, 5.74) is 1.98. The molecule has 2 rings (SSSR count). The molecule has 26 heavy (non-hydrogen) atoms. The predicted molar refractivity (Wildman–Crippen MR) is 117 cm³/mol. The highest BCUT2D eigenvalue weighted by Gasteiger charge is 2.03. The molecule has 0 atom stereocenters. The lowest BCUT2D eigenvalue weighted by Crippen LogP contribution is -2.39. The Labute approximate surface area is 174 Å². The third-order valence-electron chi connectivity index (χ3n) is 3.40. The number of halogens is 2. The fourth-order valence-corrected chi connectivity index (χ4v) is 2.35. The molecule has 0 unspecified atom stereocenters. The van der Waals surface area contributed by atoms with Crippen molar-refractivity contribution in [2.24, 2.45) is 4.99 Å². The number of hydrogen-bond acceptors (Lipinski definition) is 4. The molecule has 0 heterocycles. The Morgan fingerprint density at radius 2 is 1.88 bits per heavy atom. The van der Waals surface area contributed by atoms with Gasteiger partial charge in [-0.2, -0.15) is 0 Å². The third-order valence-corrected chi connectivity index (χ3v) is 3.63. The lowest BCUT2D eigenvalue weighted by molar-refractivity contribution is -0.384. The molecule has 0 saturated heterocycles. The van der Waals surface area contributed by atoms with Gasteiger partial charge in [0.15, 0.2) is 5.96 Å². The average molecular weight is 490 g/mol. The number of non-ortho nitro benzene ring substituents is 1. The monoisotopic (exact) mass is 489 g/mol. The Morgan fingerprint density at radius 3 is 2.50 bits per heavy atom.